The molecule has 1 unspecified atom stereocenters. The molecule has 14 heavy (non-hydrogen) atoms. The number of aliphatic hydroxyl groups excluding tert-OH is 1. The lowest BCUT2D eigenvalue weighted by Crippen LogP contribution is -2.38. The first-order valence-corrected chi connectivity index (χ1v) is 5.26. The van der Waals surface area contributed by atoms with E-state index in [1.165, 1.54) is 0 Å². The van der Waals surface area contributed by atoms with E-state index in [1.807, 2.05) is 22.9 Å². The van der Waals surface area contributed by atoms with Gasteiger partial charge in [0.25, 0.3) is 0 Å². The van der Waals surface area contributed by atoms with Crippen LogP contribution in [-0.2, 0) is 5.54 Å². The van der Waals surface area contributed by atoms with Gasteiger partial charge in [0.1, 0.15) is 0 Å². The molecule has 0 saturated carbocycles. The van der Waals surface area contributed by atoms with Crippen molar-refractivity contribution in [3.05, 3.63) is 23.0 Å². The van der Waals surface area contributed by atoms with E-state index in [1.54, 1.807) is 18.3 Å². The zero-order chi connectivity index (χ0) is 10.3. The van der Waals surface area contributed by atoms with E-state index >= 15 is 0 Å². The highest BCUT2D eigenvalue weighted by molar-refractivity contribution is 7.15. The van der Waals surface area contributed by atoms with Crippen LogP contribution in [0.1, 0.15) is 18.3 Å². The number of thiazole rings is 1. The molecule has 76 valence electrons. The summed E-state index contributed by atoms with van der Waals surface area (Å²) >= 11 is 1.56. The Morgan fingerprint density at radius 1 is 1.71 bits per heavy atom. The number of fused-ring (bicyclic) bond motifs is 1. The molecule has 0 bridgehead atoms. The minimum absolute atomic E-state index is 0.0858. The van der Waals surface area contributed by atoms with E-state index in [0.717, 1.165) is 16.3 Å². The Hall–Kier alpha value is -0.910. The molecule has 0 amide bonds. The molecule has 2 aromatic heterocycles. The van der Waals surface area contributed by atoms with Crippen LogP contribution in [0.4, 0.5) is 0 Å². The fourth-order valence-corrected chi connectivity index (χ4v) is 2.42. The third-order valence-electron chi connectivity index (χ3n) is 2.31. The van der Waals surface area contributed by atoms with Crippen molar-refractivity contribution in [3.8, 4) is 0 Å². The first kappa shape index (κ1) is 9.64. The molecule has 0 spiro atoms. The Morgan fingerprint density at radius 2 is 2.43 bits per heavy atom. The Kier molecular flexibility index (Phi) is 2.10. The second-order valence-corrected chi connectivity index (χ2v) is 4.55. The molecule has 0 aliphatic rings. The lowest BCUT2D eigenvalue weighted by molar-refractivity contribution is 0.205. The number of rotatable bonds is 2. The number of hydrogen-bond donors (Lipinski definition) is 2. The number of hydrogen-bond acceptors (Lipinski definition) is 4. The Labute approximate surface area is 86.0 Å². The molecule has 3 N–H and O–H groups in total. The van der Waals surface area contributed by atoms with Crippen molar-refractivity contribution in [1.29, 1.82) is 0 Å². The van der Waals surface area contributed by atoms with Crippen LogP contribution in [0.2, 0.25) is 0 Å². The molecule has 0 fully saturated rings. The maximum Gasteiger partial charge on any atom is 0.194 e. The fraction of sp³-hybridized carbons (Fsp3) is 0.444. The zero-order valence-corrected chi connectivity index (χ0v) is 9.01. The van der Waals surface area contributed by atoms with Crippen molar-refractivity contribution in [2.24, 2.45) is 5.73 Å². The second-order valence-electron chi connectivity index (χ2n) is 3.68. The molecule has 0 aliphatic carbocycles. The van der Waals surface area contributed by atoms with Crippen molar-refractivity contribution in [1.82, 2.24) is 9.38 Å². The first-order valence-electron chi connectivity index (χ1n) is 4.38. The number of aromatic nitrogens is 2. The molecule has 0 radical (unpaired) electrons. The number of imidazole rings is 1. The molecule has 2 aromatic rings. The average molecular weight is 211 g/mol. The standard InChI is InChI=1S/C9H13N3OS/c1-6-7(9(2,10)5-13)12-3-4-14-8(12)11-6/h3-4,13H,5,10H2,1-2H3. The van der Waals surface area contributed by atoms with Gasteiger partial charge in [-0.25, -0.2) is 4.98 Å². The van der Waals surface area contributed by atoms with Gasteiger partial charge in [0.05, 0.1) is 23.5 Å². The predicted molar refractivity (Wildman–Crippen MR) is 56.4 cm³/mol. The zero-order valence-electron chi connectivity index (χ0n) is 8.19. The highest BCUT2D eigenvalue weighted by atomic mass is 32.1. The smallest absolute Gasteiger partial charge is 0.194 e. The van der Waals surface area contributed by atoms with E-state index in [-0.39, 0.29) is 6.61 Å². The van der Waals surface area contributed by atoms with Crippen molar-refractivity contribution in [3.63, 3.8) is 0 Å². The van der Waals surface area contributed by atoms with E-state index in [4.69, 9.17) is 5.73 Å². The maximum absolute atomic E-state index is 9.22. The number of aliphatic hydroxyl groups is 1. The van der Waals surface area contributed by atoms with E-state index in [2.05, 4.69) is 4.98 Å². The summed E-state index contributed by atoms with van der Waals surface area (Å²) in [5, 5.41) is 11.2. The van der Waals surface area contributed by atoms with Gasteiger partial charge < -0.3 is 10.8 Å². The Bertz CT molecular complexity index is 458. The van der Waals surface area contributed by atoms with Gasteiger partial charge in [-0.3, -0.25) is 4.40 Å². The molecule has 2 heterocycles. The van der Waals surface area contributed by atoms with Gasteiger partial charge in [-0.15, -0.1) is 11.3 Å². The third kappa shape index (κ3) is 1.25. The van der Waals surface area contributed by atoms with Crippen LogP contribution < -0.4 is 5.73 Å². The van der Waals surface area contributed by atoms with Crippen LogP contribution in [0.15, 0.2) is 11.6 Å². The van der Waals surface area contributed by atoms with Gasteiger partial charge in [0.2, 0.25) is 0 Å². The molecule has 0 aliphatic heterocycles. The van der Waals surface area contributed by atoms with Gasteiger partial charge >= 0.3 is 0 Å². The van der Waals surface area contributed by atoms with Gasteiger partial charge in [-0.1, -0.05) is 0 Å². The normalized spacial score (nSPS) is 16.0. The molecule has 5 heteroatoms. The number of nitrogens with zero attached hydrogens (tertiary/aromatic N) is 2. The van der Waals surface area contributed by atoms with Crippen LogP contribution in [0.25, 0.3) is 4.96 Å². The number of nitrogens with two attached hydrogens (primary N) is 1. The van der Waals surface area contributed by atoms with Crippen LogP contribution in [0.3, 0.4) is 0 Å². The Balaban J connectivity index is 2.70. The summed E-state index contributed by atoms with van der Waals surface area (Å²) < 4.78 is 1.94. The summed E-state index contributed by atoms with van der Waals surface area (Å²) in [5.41, 5.74) is 7.04. The van der Waals surface area contributed by atoms with E-state index in [0.29, 0.717) is 0 Å². The monoisotopic (exact) mass is 211 g/mol. The van der Waals surface area contributed by atoms with Crippen LogP contribution in [0, 0.1) is 6.92 Å². The van der Waals surface area contributed by atoms with Gasteiger partial charge in [-0.2, -0.15) is 0 Å². The van der Waals surface area contributed by atoms with Gasteiger partial charge in [0, 0.05) is 11.6 Å². The summed E-state index contributed by atoms with van der Waals surface area (Å²) in [6.45, 7) is 3.63. The minimum Gasteiger partial charge on any atom is -0.394 e. The summed E-state index contributed by atoms with van der Waals surface area (Å²) in [4.78, 5) is 5.30. The predicted octanol–water partition coefficient (Wildman–Crippen LogP) is 0.870. The summed E-state index contributed by atoms with van der Waals surface area (Å²) in [6.07, 6.45) is 1.93. The topological polar surface area (TPSA) is 63.5 Å². The van der Waals surface area contributed by atoms with Crippen molar-refractivity contribution >= 4 is 16.3 Å². The molecule has 2 rings (SSSR count). The summed E-state index contributed by atoms with van der Waals surface area (Å²) in [7, 11) is 0. The number of aryl methyl sites for hydroxylation is 1. The van der Waals surface area contributed by atoms with Crippen LogP contribution >= 0.6 is 11.3 Å². The summed E-state index contributed by atoms with van der Waals surface area (Å²) in [5.74, 6) is 0. The second kappa shape index (κ2) is 3.05. The van der Waals surface area contributed by atoms with Gasteiger partial charge in [0.15, 0.2) is 4.96 Å². The van der Waals surface area contributed by atoms with Crippen molar-refractivity contribution in [2.75, 3.05) is 6.61 Å². The largest absolute Gasteiger partial charge is 0.394 e. The van der Waals surface area contributed by atoms with E-state index in [9.17, 15) is 5.11 Å². The SMILES string of the molecule is Cc1nc2sccn2c1C(C)(N)CO. The van der Waals surface area contributed by atoms with Crippen molar-refractivity contribution < 1.29 is 5.11 Å². The molecule has 0 saturated heterocycles. The fourth-order valence-electron chi connectivity index (χ4n) is 1.66. The lowest BCUT2D eigenvalue weighted by atomic mass is 9.99. The highest BCUT2D eigenvalue weighted by Crippen LogP contribution is 2.24. The molecular formula is C9H13N3OS. The highest BCUT2D eigenvalue weighted by Gasteiger charge is 2.27. The van der Waals surface area contributed by atoms with Crippen molar-refractivity contribution in [2.45, 2.75) is 19.4 Å². The van der Waals surface area contributed by atoms with Crippen LogP contribution in [-0.4, -0.2) is 21.1 Å². The molecule has 1 atom stereocenters. The molecular weight excluding hydrogens is 198 g/mol. The third-order valence-corrected chi connectivity index (χ3v) is 3.06. The minimum atomic E-state index is -0.732. The molecule has 4 nitrogen and oxygen atoms in total. The Morgan fingerprint density at radius 3 is 3.07 bits per heavy atom. The lowest BCUT2D eigenvalue weighted by Gasteiger charge is -2.21. The first-order chi connectivity index (χ1) is 6.56. The summed E-state index contributed by atoms with van der Waals surface area (Å²) in [6, 6.07) is 0. The molecule has 0 aromatic carbocycles. The van der Waals surface area contributed by atoms with E-state index < -0.39 is 5.54 Å². The van der Waals surface area contributed by atoms with Gasteiger partial charge in [-0.05, 0) is 13.8 Å². The van der Waals surface area contributed by atoms with Crippen LogP contribution in [0.5, 0.6) is 0 Å². The maximum atomic E-state index is 9.22. The quantitative estimate of drug-likeness (QED) is 0.774. The average Bonchev–Trinajstić information content (AvgIpc) is 2.62.